The molecule has 0 saturated carbocycles. The summed E-state index contributed by atoms with van der Waals surface area (Å²) in [6.07, 6.45) is 0. The van der Waals surface area contributed by atoms with Crippen LogP contribution in [0.5, 0.6) is 0 Å². The SMILES string of the molecule is CC(C)C(C(=O)c1ccccc1)S(=O)(=O)c1ccccc1. The number of carbonyl (C=O) groups excluding carboxylic acids is 1. The van der Waals surface area contributed by atoms with Gasteiger partial charge < -0.3 is 0 Å². The summed E-state index contributed by atoms with van der Waals surface area (Å²) in [7, 11) is -3.70. The number of Topliss-reactive ketones (excluding diaryl/α,β-unsaturated/α-hetero) is 1. The molecule has 1 unspecified atom stereocenters. The average Bonchev–Trinajstić information content (AvgIpc) is 2.48. The smallest absolute Gasteiger partial charge is 0.188 e. The Morgan fingerprint density at radius 3 is 1.81 bits per heavy atom. The zero-order valence-corrected chi connectivity index (χ0v) is 12.9. The van der Waals surface area contributed by atoms with E-state index in [-0.39, 0.29) is 16.6 Å². The molecule has 0 bridgehead atoms. The van der Waals surface area contributed by atoms with Crippen molar-refractivity contribution in [3.8, 4) is 0 Å². The van der Waals surface area contributed by atoms with E-state index in [9.17, 15) is 13.2 Å². The third-order valence-corrected chi connectivity index (χ3v) is 5.68. The van der Waals surface area contributed by atoms with Crippen LogP contribution in [-0.2, 0) is 9.84 Å². The van der Waals surface area contributed by atoms with Crippen LogP contribution in [0.4, 0.5) is 0 Å². The van der Waals surface area contributed by atoms with Crippen LogP contribution >= 0.6 is 0 Å². The fourth-order valence-corrected chi connectivity index (χ4v) is 4.29. The molecule has 1 atom stereocenters. The molecule has 3 nitrogen and oxygen atoms in total. The summed E-state index contributed by atoms with van der Waals surface area (Å²) in [6.45, 7) is 3.51. The van der Waals surface area contributed by atoms with Gasteiger partial charge in [0.25, 0.3) is 0 Å². The molecule has 110 valence electrons. The molecule has 0 aliphatic rings. The van der Waals surface area contributed by atoms with Crippen molar-refractivity contribution in [2.24, 2.45) is 5.92 Å². The van der Waals surface area contributed by atoms with Crippen LogP contribution < -0.4 is 0 Å². The molecule has 0 aliphatic carbocycles. The number of hydrogen-bond donors (Lipinski definition) is 0. The van der Waals surface area contributed by atoms with Crippen LogP contribution in [0.25, 0.3) is 0 Å². The molecule has 0 spiro atoms. The Kier molecular flexibility index (Phi) is 4.58. The molecular formula is C17H18O3S. The number of ketones is 1. The van der Waals surface area contributed by atoms with Gasteiger partial charge in [-0.2, -0.15) is 0 Å². The topological polar surface area (TPSA) is 51.2 Å². The highest BCUT2D eigenvalue weighted by Gasteiger charge is 2.36. The van der Waals surface area contributed by atoms with Crippen molar-refractivity contribution < 1.29 is 13.2 Å². The lowest BCUT2D eigenvalue weighted by Crippen LogP contribution is -2.35. The first-order valence-electron chi connectivity index (χ1n) is 6.83. The van der Waals surface area contributed by atoms with Gasteiger partial charge in [-0.05, 0) is 18.1 Å². The lowest BCUT2D eigenvalue weighted by molar-refractivity contribution is 0.0972. The first kappa shape index (κ1) is 15.4. The van der Waals surface area contributed by atoms with Gasteiger partial charge >= 0.3 is 0 Å². The molecule has 0 aromatic heterocycles. The standard InChI is InChI=1S/C17H18O3S/c1-13(2)17(16(18)14-9-5-3-6-10-14)21(19,20)15-11-7-4-8-12-15/h3-13,17H,1-2H3. The van der Waals surface area contributed by atoms with Gasteiger partial charge in [0.05, 0.1) is 4.90 Å². The Hall–Kier alpha value is -1.94. The molecule has 2 aromatic carbocycles. The minimum absolute atomic E-state index is 0.188. The van der Waals surface area contributed by atoms with Crippen molar-refractivity contribution in [2.75, 3.05) is 0 Å². The number of carbonyl (C=O) groups is 1. The van der Waals surface area contributed by atoms with E-state index in [0.29, 0.717) is 5.56 Å². The van der Waals surface area contributed by atoms with Crippen molar-refractivity contribution >= 4 is 15.6 Å². The van der Waals surface area contributed by atoms with E-state index in [0.717, 1.165) is 0 Å². The molecule has 2 aromatic rings. The highest BCUT2D eigenvalue weighted by molar-refractivity contribution is 7.92. The molecule has 0 aliphatic heterocycles. The first-order valence-corrected chi connectivity index (χ1v) is 8.37. The lowest BCUT2D eigenvalue weighted by atomic mass is 10.0. The van der Waals surface area contributed by atoms with Crippen LogP contribution in [0.15, 0.2) is 65.6 Å². The second-order valence-corrected chi connectivity index (χ2v) is 7.32. The third-order valence-electron chi connectivity index (χ3n) is 3.33. The fourth-order valence-electron chi connectivity index (χ4n) is 2.33. The van der Waals surface area contributed by atoms with Gasteiger partial charge in [0, 0.05) is 5.56 Å². The summed E-state index contributed by atoms with van der Waals surface area (Å²) in [5.41, 5.74) is 0.427. The molecule has 0 fully saturated rings. The molecule has 0 radical (unpaired) electrons. The molecule has 21 heavy (non-hydrogen) atoms. The van der Waals surface area contributed by atoms with Gasteiger partial charge in [-0.3, -0.25) is 4.79 Å². The fraction of sp³-hybridized carbons (Fsp3) is 0.235. The van der Waals surface area contributed by atoms with Gasteiger partial charge in [-0.15, -0.1) is 0 Å². The molecular weight excluding hydrogens is 284 g/mol. The van der Waals surface area contributed by atoms with Gasteiger partial charge in [-0.25, -0.2) is 8.42 Å². The van der Waals surface area contributed by atoms with Crippen LogP contribution in [0.3, 0.4) is 0 Å². The second kappa shape index (κ2) is 6.22. The van der Waals surface area contributed by atoms with Crippen molar-refractivity contribution in [3.05, 3.63) is 66.2 Å². The average molecular weight is 302 g/mol. The van der Waals surface area contributed by atoms with Crippen LogP contribution in [0.2, 0.25) is 0 Å². The summed E-state index contributed by atoms with van der Waals surface area (Å²) in [6, 6.07) is 16.7. The number of sulfone groups is 1. The molecule has 4 heteroatoms. The molecule has 0 heterocycles. The normalized spacial score (nSPS) is 13.1. The van der Waals surface area contributed by atoms with Crippen molar-refractivity contribution in [2.45, 2.75) is 24.0 Å². The summed E-state index contributed by atoms with van der Waals surface area (Å²) >= 11 is 0. The predicted molar refractivity (Wildman–Crippen MR) is 83.0 cm³/mol. The van der Waals surface area contributed by atoms with Crippen LogP contribution in [-0.4, -0.2) is 19.5 Å². The minimum Gasteiger partial charge on any atom is -0.293 e. The Labute approximate surface area is 125 Å². The maximum Gasteiger partial charge on any atom is 0.188 e. The third kappa shape index (κ3) is 3.22. The number of rotatable bonds is 5. The maximum atomic E-state index is 12.8. The summed E-state index contributed by atoms with van der Waals surface area (Å²) in [5, 5.41) is -1.07. The van der Waals surface area contributed by atoms with Crippen molar-refractivity contribution in [1.82, 2.24) is 0 Å². The van der Waals surface area contributed by atoms with E-state index in [1.807, 2.05) is 0 Å². The van der Waals surface area contributed by atoms with E-state index >= 15 is 0 Å². The first-order chi connectivity index (χ1) is 9.94. The Morgan fingerprint density at radius 2 is 1.33 bits per heavy atom. The van der Waals surface area contributed by atoms with Gasteiger partial charge in [0.1, 0.15) is 5.25 Å². The predicted octanol–water partition coefficient (Wildman–Crippen LogP) is 3.37. The lowest BCUT2D eigenvalue weighted by Gasteiger charge is -2.20. The largest absolute Gasteiger partial charge is 0.293 e. The monoisotopic (exact) mass is 302 g/mol. The van der Waals surface area contributed by atoms with E-state index in [2.05, 4.69) is 0 Å². The minimum atomic E-state index is -3.70. The second-order valence-electron chi connectivity index (χ2n) is 5.25. The summed E-state index contributed by atoms with van der Waals surface area (Å²) in [5.74, 6) is -0.655. The van der Waals surface area contributed by atoms with Crippen LogP contribution in [0.1, 0.15) is 24.2 Å². The molecule has 2 rings (SSSR count). The Bertz CT molecular complexity index is 704. The summed E-state index contributed by atoms with van der Waals surface area (Å²) in [4.78, 5) is 12.8. The molecule has 0 amide bonds. The van der Waals surface area contributed by atoms with Gasteiger partial charge in [0.2, 0.25) is 0 Å². The van der Waals surface area contributed by atoms with Crippen molar-refractivity contribution in [3.63, 3.8) is 0 Å². The zero-order chi connectivity index (χ0) is 15.5. The molecule has 0 saturated heterocycles. The maximum absolute atomic E-state index is 12.8. The van der Waals surface area contributed by atoms with E-state index in [1.165, 1.54) is 12.1 Å². The van der Waals surface area contributed by atoms with E-state index < -0.39 is 15.1 Å². The van der Waals surface area contributed by atoms with Crippen LogP contribution in [0, 0.1) is 5.92 Å². The van der Waals surface area contributed by atoms with E-state index in [4.69, 9.17) is 0 Å². The Balaban J connectivity index is 2.48. The zero-order valence-electron chi connectivity index (χ0n) is 12.1. The Morgan fingerprint density at radius 1 is 0.857 bits per heavy atom. The van der Waals surface area contributed by atoms with Gasteiger partial charge in [-0.1, -0.05) is 62.4 Å². The quantitative estimate of drug-likeness (QED) is 0.796. The highest BCUT2D eigenvalue weighted by atomic mass is 32.2. The number of hydrogen-bond acceptors (Lipinski definition) is 3. The van der Waals surface area contributed by atoms with Crippen molar-refractivity contribution in [1.29, 1.82) is 0 Å². The van der Waals surface area contributed by atoms with E-state index in [1.54, 1.807) is 62.4 Å². The highest BCUT2D eigenvalue weighted by Crippen LogP contribution is 2.24. The van der Waals surface area contributed by atoms with Gasteiger partial charge in [0.15, 0.2) is 15.6 Å². The number of benzene rings is 2. The summed E-state index contributed by atoms with van der Waals surface area (Å²) < 4.78 is 25.5. The molecule has 0 N–H and O–H groups in total.